The Balaban J connectivity index is 2.43. The first-order chi connectivity index (χ1) is 9.02. The summed E-state index contributed by atoms with van der Waals surface area (Å²) < 4.78 is 1.98. The van der Waals surface area contributed by atoms with Gasteiger partial charge in [-0.1, -0.05) is 15.9 Å². The van der Waals surface area contributed by atoms with Gasteiger partial charge in [-0.15, -0.1) is 0 Å². The van der Waals surface area contributed by atoms with Gasteiger partial charge in [0.15, 0.2) is 6.10 Å². The second-order valence-electron chi connectivity index (χ2n) is 3.99. The quantitative estimate of drug-likeness (QED) is 0.848. The molecule has 1 unspecified atom stereocenters. The van der Waals surface area contributed by atoms with Gasteiger partial charge < -0.3 is 10.4 Å². The van der Waals surface area contributed by atoms with Crippen molar-refractivity contribution < 1.29 is 9.90 Å². The van der Waals surface area contributed by atoms with Crippen LogP contribution in [-0.2, 0) is 11.3 Å². The highest BCUT2D eigenvalue weighted by atomic mass is 79.9. The molecule has 0 fully saturated rings. The van der Waals surface area contributed by atoms with Gasteiger partial charge in [0, 0.05) is 11.5 Å². The van der Waals surface area contributed by atoms with Gasteiger partial charge in [0.05, 0.1) is 23.8 Å². The van der Waals surface area contributed by atoms with E-state index in [1.165, 1.54) is 17.9 Å². The van der Waals surface area contributed by atoms with Crippen LogP contribution in [0.2, 0.25) is 0 Å². The van der Waals surface area contributed by atoms with Crippen molar-refractivity contribution in [1.29, 1.82) is 0 Å². The number of nitrogens with one attached hydrogen (secondary N) is 1. The average molecular weight is 326 g/mol. The first-order valence-corrected chi connectivity index (χ1v) is 6.36. The van der Waals surface area contributed by atoms with Crippen LogP contribution in [0.25, 0.3) is 10.9 Å². The molecule has 1 aromatic carbocycles. The molecular formula is C12H12BrN3O3. The zero-order chi connectivity index (χ0) is 14.0. The standard InChI is InChI=1S/C12H12BrN3O3/c1-14-11(18)10(17)5-16-6-15-9-3-2-7(13)4-8(9)12(16)19/h2-4,6,10,17H,5H2,1H3,(H,14,18). The number of likely N-dealkylation sites (N-methyl/N-ethyl adjacent to an activating group) is 1. The highest BCUT2D eigenvalue weighted by Gasteiger charge is 2.15. The molecule has 100 valence electrons. The van der Waals surface area contributed by atoms with Crippen molar-refractivity contribution in [2.45, 2.75) is 12.6 Å². The Morgan fingerprint density at radius 3 is 3.00 bits per heavy atom. The summed E-state index contributed by atoms with van der Waals surface area (Å²) in [5.41, 5.74) is 0.271. The van der Waals surface area contributed by atoms with Crippen LogP contribution >= 0.6 is 15.9 Å². The number of hydrogen-bond donors (Lipinski definition) is 2. The molecule has 0 aliphatic rings. The van der Waals surface area contributed by atoms with Crippen LogP contribution in [0, 0.1) is 0 Å². The minimum absolute atomic E-state index is 0.131. The van der Waals surface area contributed by atoms with Gasteiger partial charge in [-0.25, -0.2) is 4.98 Å². The van der Waals surface area contributed by atoms with Crippen LogP contribution < -0.4 is 10.9 Å². The molecule has 1 heterocycles. The topological polar surface area (TPSA) is 84.2 Å². The van der Waals surface area contributed by atoms with Crippen LogP contribution in [0.1, 0.15) is 0 Å². The molecule has 2 N–H and O–H groups in total. The number of halogens is 1. The molecule has 0 radical (unpaired) electrons. The lowest BCUT2D eigenvalue weighted by Gasteiger charge is -2.11. The van der Waals surface area contributed by atoms with E-state index < -0.39 is 12.0 Å². The van der Waals surface area contributed by atoms with E-state index in [0.717, 1.165) is 4.47 Å². The minimum atomic E-state index is -1.28. The van der Waals surface area contributed by atoms with Gasteiger partial charge in [-0.2, -0.15) is 0 Å². The third-order valence-corrected chi connectivity index (χ3v) is 3.20. The molecule has 2 rings (SSSR count). The minimum Gasteiger partial charge on any atom is -0.381 e. The molecule has 0 saturated heterocycles. The van der Waals surface area contributed by atoms with Gasteiger partial charge in [-0.05, 0) is 18.2 Å². The van der Waals surface area contributed by atoms with E-state index in [1.807, 2.05) is 0 Å². The molecule has 0 aliphatic carbocycles. The molecule has 0 saturated carbocycles. The van der Waals surface area contributed by atoms with Crippen molar-refractivity contribution in [3.63, 3.8) is 0 Å². The zero-order valence-corrected chi connectivity index (χ0v) is 11.7. The zero-order valence-electron chi connectivity index (χ0n) is 10.1. The second-order valence-corrected chi connectivity index (χ2v) is 4.91. The number of amides is 1. The molecular weight excluding hydrogens is 314 g/mol. The Morgan fingerprint density at radius 1 is 1.58 bits per heavy atom. The summed E-state index contributed by atoms with van der Waals surface area (Å²) in [5, 5.41) is 12.4. The van der Waals surface area contributed by atoms with Crippen LogP contribution in [-0.4, -0.2) is 33.7 Å². The maximum Gasteiger partial charge on any atom is 0.261 e. The number of carbonyl (C=O) groups excluding carboxylic acids is 1. The van der Waals surface area contributed by atoms with E-state index in [4.69, 9.17) is 0 Å². The van der Waals surface area contributed by atoms with Gasteiger partial charge in [0.25, 0.3) is 5.56 Å². The molecule has 19 heavy (non-hydrogen) atoms. The van der Waals surface area contributed by atoms with E-state index >= 15 is 0 Å². The lowest BCUT2D eigenvalue weighted by Crippen LogP contribution is -2.37. The van der Waals surface area contributed by atoms with E-state index in [0.29, 0.717) is 10.9 Å². The molecule has 6 nitrogen and oxygen atoms in total. The van der Waals surface area contributed by atoms with Crippen molar-refractivity contribution in [3.05, 3.63) is 39.4 Å². The number of nitrogens with zero attached hydrogens (tertiary/aromatic N) is 2. The van der Waals surface area contributed by atoms with Crippen LogP contribution in [0.3, 0.4) is 0 Å². The molecule has 0 spiro atoms. The average Bonchev–Trinajstić information content (AvgIpc) is 2.41. The fraction of sp³-hybridized carbons (Fsp3) is 0.250. The first-order valence-electron chi connectivity index (χ1n) is 5.57. The Bertz CT molecular complexity index is 683. The number of aliphatic hydroxyl groups is 1. The van der Waals surface area contributed by atoms with Gasteiger partial charge in [0.2, 0.25) is 5.91 Å². The Hall–Kier alpha value is -1.73. The molecule has 0 bridgehead atoms. The maximum atomic E-state index is 12.2. The summed E-state index contributed by atoms with van der Waals surface area (Å²) in [6, 6.07) is 5.17. The van der Waals surface area contributed by atoms with Crippen LogP contribution in [0.4, 0.5) is 0 Å². The maximum absolute atomic E-state index is 12.2. The lowest BCUT2D eigenvalue weighted by molar-refractivity contribution is -0.129. The van der Waals surface area contributed by atoms with Crippen molar-refractivity contribution in [3.8, 4) is 0 Å². The third kappa shape index (κ3) is 2.82. The highest BCUT2D eigenvalue weighted by molar-refractivity contribution is 9.10. The second kappa shape index (κ2) is 5.50. The monoisotopic (exact) mass is 325 g/mol. The molecule has 0 aliphatic heterocycles. The van der Waals surface area contributed by atoms with Gasteiger partial charge in [-0.3, -0.25) is 14.2 Å². The predicted octanol–water partition coefficient (Wildman–Crippen LogP) is 0.266. The summed E-state index contributed by atoms with van der Waals surface area (Å²) >= 11 is 3.29. The van der Waals surface area contributed by atoms with Crippen LogP contribution in [0.15, 0.2) is 33.8 Å². The third-order valence-electron chi connectivity index (χ3n) is 2.70. The van der Waals surface area contributed by atoms with E-state index in [-0.39, 0.29) is 12.1 Å². The van der Waals surface area contributed by atoms with Crippen molar-refractivity contribution in [1.82, 2.24) is 14.9 Å². The Morgan fingerprint density at radius 2 is 2.32 bits per heavy atom. The Kier molecular flexibility index (Phi) is 3.96. The highest BCUT2D eigenvalue weighted by Crippen LogP contribution is 2.14. The van der Waals surface area contributed by atoms with Crippen molar-refractivity contribution in [2.75, 3.05) is 7.05 Å². The molecule has 1 aromatic heterocycles. The number of aromatic nitrogens is 2. The summed E-state index contributed by atoms with van der Waals surface area (Å²) in [7, 11) is 1.42. The van der Waals surface area contributed by atoms with Gasteiger partial charge in [0.1, 0.15) is 0 Å². The van der Waals surface area contributed by atoms with E-state index in [9.17, 15) is 14.7 Å². The largest absolute Gasteiger partial charge is 0.381 e. The van der Waals surface area contributed by atoms with Gasteiger partial charge >= 0.3 is 0 Å². The summed E-state index contributed by atoms with van der Waals surface area (Å²) in [6.45, 7) is -0.131. The number of hydrogen-bond acceptors (Lipinski definition) is 4. The summed E-state index contributed by atoms with van der Waals surface area (Å²) in [4.78, 5) is 27.5. The number of benzene rings is 1. The van der Waals surface area contributed by atoms with E-state index in [1.54, 1.807) is 18.2 Å². The summed E-state index contributed by atoms with van der Waals surface area (Å²) in [5.74, 6) is -0.541. The predicted molar refractivity (Wildman–Crippen MR) is 73.8 cm³/mol. The SMILES string of the molecule is CNC(=O)C(O)Cn1cnc2ccc(Br)cc2c1=O. The van der Waals surface area contributed by atoms with Crippen molar-refractivity contribution in [2.24, 2.45) is 0 Å². The Labute approximate surface area is 117 Å². The molecule has 2 aromatic rings. The number of aliphatic hydroxyl groups excluding tert-OH is 1. The number of rotatable bonds is 3. The first kappa shape index (κ1) is 13.7. The summed E-state index contributed by atoms with van der Waals surface area (Å²) in [6.07, 6.45) is 0.0409. The molecule has 1 amide bonds. The molecule has 7 heteroatoms. The fourth-order valence-corrected chi connectivity index (χ4v) is 2.06. The number of fused-ring (bicyclic) bond motifs is 1. The lowest BCUT2D eigenvalue weighted by atomic mass is 10.2. The number of carbonyl (C=O) groups is 1. The smallest absolute Gasteiger partial charge is 0.261 e. The van der Waals surface area contributed by atoms with Crippen LogP contribution in [0.5, 0.6) is 0 Å². The normalized spacial score (nSPS) is 12.4. The fourth-order valence-electron chi connectivity index (χ4n) is 1.70. The van der Waals surface area contributed by atoms with E-state index in [2.05, 4.69) is 26.2 Å². The van der Waals surface area contributed by atoms with Crippen molar-refractivity contribution >= 4 is 32.7 Å². The molecule has 1 atom stereocenters.